The van der Waals surface area contributed by atoms with Crippen molar-refractivity contribution in [3.63, 3.8) is 0 Å². The Morgan fingerprint density at radius 1 is 0.613 bits per heavy atom. The highest BCUT2D eigenvalue weighted by molar-refractivity contribution is 5.74. The summed E-state index contributed by atoms with van der Waals surface area (Å²) in [6.07, 6.45) is 0. The Balaban J connectivity index is 0.000000491. The molecule has 5 nitrogen and oxygen atoms in total. The third-order valence-corrected chi connectivity index (χ3v) is 4.37. The summed E-state index contributed by atoms with van der Waals surface area (Å²) in [5.74, 6) is 1.24. The summed E-state index contributed by atoms with van der Waals surface area (Å²) in [4.78, 5) is 0. The fourth-order valence-corrected chi connectivity index (χ4v) is 2.92. The lowest BCUT2D eigenvalue weighted by atomic mass is 10.0. The van der Waals surface area contributed by atoms with E-state index in [2.05, 4.69) is 43.3 Å². The maximum Gasteiger partial charge on any atom is 0.361 e. The molecular weight excluding hydrogens is 423 g/mol. The van der Waals surface area contributed by atoms with E-state index in [1.807, 2.05) is 30.3 Å². The molecule has 158 valence electrons. The van der Waals surface area contributed by atoms with Crippen LogP contribution in [0.25, 0.3) is 33.8 Å². The van der Waals surface area contributed by atoms with Gasteiger partial charge in [-0.05, 0) is 48.9 Å². The molecule has 3 aromatic carbocycles. The molecule has 0 aliphatic rings. The van der Waals surface area contributed by atoms with Gasteiger partial charge >= 0.3 is 11.5 Å². The van der Waals surface area contributed by atoms with Crippen molar-refractivity contribution in [1.29, 1.82) is 0 Å². The van der Waals surface area contributed by atoms with E-state index in [0.717, 1.165) is 28.0 Å². The predicted molar refractivity (Wildman–Crippen MR) is 104 cm³/mol. The van der Waals surface area contributed by atoms with Crippen LogP contribution in [0, 0.1) is 23.0 Å². The number of rotatable bonds is 3. The maximum atomic E-state index is 13.3. The van der Waals surface area contributed by atoms with Crippen LogP contribution in [-0.4, -0.2) is 0 Å². The SMILES string of the molecule is Cc1ccc(-c2cc(-c3ccccc3)cc(-c3ccc(F)cc3)[o+]2)cc1.[O-][Cl+3]([O-])([O-])[O-]. The molecule has 1 aromatic heterocycles. The Bertz CT molecular complexity index is 1060. The van der Waals surface area contributed by atoms with Crippen LogP contribution < -0.4 is 18.6 Å². The highest BCUT2D eigenvalue weighted by Crippen LogP contribution is 2.33. The summed E-state index contributed by atoms with van der Waals surface area (Å²) in [5, 5.41) is 0. The molecule has 0 aliphatic heterocycles. The van der Waals surface area contributed by atoms with Crippen LogP contribution in [0.5, 0.6) is 0 Å². The predicted octanol–water partition coefficient (Wildman–Crippen LogP) is 2.25. The number of hydrogen-bond acceptors (Lipinski definition) is 4. The highest BCUT2D eigenvalue weighted by Gasteiger charge is 2.20. The Morgan fingerprint density at radius 3 is 1.55 bits per heavy atom. The van der Waals surface area contributed by atoms with Gasteiger partial charge in [0.05, 0.1) is 23.3 Å². The van der Waals surface area contributed by atoms with Crippen LogP contribution in [0.15, 0.2) is 95.4 Å². The first-order valence-corrected chi connectivity index (χ1v) is 10.4. The van der Waals surface area contributed by atoms with Gasteiger partial charge in [0.25, 0.3) is 0 Å². The zero-order valence-electron chi connectivity index (χ0n) is 16.5. The van der Waals surface area contributed by atoms with E-state index in [-0.39, 0.29) is 5.82 Å². The summed E-state index contributed by atoms with van der Waals surface area (Å²) in [6, 6.07) is 28.8. The zero-order valence-corrected chi connectivity index (χ0v) is 17.2. The van der Waals surface area contributed by atoms with Crippen molar-refractivity contribution in [3.05, 3.63) is 102 Å². The third-order valence-electron chi connectivity index (χ3n) is 4.37. The van der Waals surface area contributed by atoms with Gasteiger partial charge in [-0.2, -0.15) is 0 Å². The molecule has 0 aliphatic carbocycles. The molecular formula is C24H18ClFO5. The number of aryl methyl sites for hydroxylation is 1. The van der Waals surface area contributed by atoms with Gasteiger partial charge in [-0.15, -0.1) is 10.2 Å². The molecule has 31 heavy (non-hydrogen) atoms. The van der Waals surface area contributed by atoms with Crippen molar-refractivity contribution < 1.29 is 37.7 Å². The van der Waals surface area contributed by atoms with Crippen molar-refractivity contribution in [2.24, 2.45) is 0 Å². The van der Waals surface area contributed by atoms with Gasteiger partial charge in [0.15, 0.2) is 0 Å². The van der Waals surface area contributed by atoms with Crippen molar-refractivity contribution >= 4 is 0 Å². The van der Waals surface area contributed by atoms with Gasteiger partial charge < -0.3 is 0 Å². The fraction of sp³-hybridized carbons (Fsp3) is 0.0417. The number of hydrogen-bond donors (Lipinski definition) is 0. The average molecular weight is 441 g/mol. The molecule has 4 rings (SSSR count). The van der Waals surface area contributed by atoms with Gasteiger partial charge in [0.1, 0.15) is 5.82 Å². The molecule has 0 unspecified atom stereocenters. The lowest BCUT2D eigenvalue weighted by Gasteiger charge is -2.17. The average Bonchev–Trinajstić information content (AvgIpc) is 2.74. The summed E-state index contributed by atoms with van der Waals surface area (Å²) >= 11 is 0. The van der Waals surface area contributed by atoms with Crippen LogP contribution in [-0.2, 0) is 0 Å². The Kier molecular flexibility index (Phi) is 7.12. The highest BCUT2D eigenvalue weighted by atomic mass is 35.7. The van der Waals surface area contributed by atoms with Gasteiger partial charge in [-0.25, -0.2) is 27.4 Å². The van der Waals surface area contributed by atoms with E-state index in [1.54, 1.807) is 12.1 Å². The van der Waals surface area contributed by atoms with Crippen LogP contribution in [0.3, 0.4) is 0 Å². The van der Waals surface area contributed by atoms with Crippen molar-refractivity contribution in [1.82, 2.24) is 0 Å². The van der Waals surface area contributed by atoms with Gasteiger partial charge in [-0.3, -0.25) is 0 Å². The van der Waals surface area contributed by atoms with E-state index in [9.17, 15) is 4.39 Å². The lowest BCUT2D eigenvalue weighted by molar-refractivity contribution is -2.00. The molecule has 0 saturated heterocycles. The monoisotopic (exact) mass is 440 g/mol. The maximum absolute atomic E-state index is 13.3. The molecule has 0 spiro atoms. The first-order chi connectivity index (χ1) is 14.7. The summed E-state index contributed by atoms with van der Waals surface area (Å²) in [6.45, 7) is 2.06. The zero-order chi connectivity index (χ0) is 22.4. The molecule has 0 amide bonds. The van der Waals surface area contributed by atoms with Crippen molar-refractivity contribution in [3.8, 4) is 33.8 Å². The topological polar surface area (TPSA) is 104 Å². The molecule has 4 aromatic rings. The molecule has 0 atom stereocenters. The molecule has 1 heterocycles. The largest absolute Gasteiger partial charge is 0.361 e. The molecule has 0 saturated carbocycles. The van der Waals surface area contributed by atoms with E-state index < -0.39 is 10.2 Å². The van der Waals surface area contributed by atoms with Crippen LogP contribution in [0.2, 0.25) is 0 Å². The Labute approximate surface area is 181 Å². The summed E-state index contributed by atoms with van der Waals surface area (Å²) < 4.78 is 53.4. The Morgan fingerprint density at radius 2 is 1.06 bits per heavy atom. The molecule has 7 heteroatoms. The summed E-state index contributed by atoms with van der Waals surface area (Å²) in [5.41, 5.74) is 5.23. The number of halogens is 2. The van der Waals surface area contributed by atoms with E-state index in [1.165, 1.54) is 17.7 Å². The second-order valence-corrected chi connectivity index (χ2v) is 7.45. The first kappa shape index (κ1) is 22.6. The molecule has 0 fully saturated rings. The van der Waals surface area contributed by atoms with E-state index in [4.69, 9.17) is 23.1 Å². The standard InChI is InChI=1S/C24H18FO.ClHO4/c1-17-7-9-19(10-8-17)23-15-21(18-5-3-2-4-6-18)16-24(26-23)20-11-13-22(25)14-12-20;2-1(3,4)5/h2-16H,1H3;(H,2,3,4,5)/q+1;/p-1. The lowest BCUT2D eigenvalue weighted by Crippen LogP contribution is -2.68. The quantitative estimate of drug-likeness (QED) is 0.454. The molecule has 0 bridgehead atoms. The van der Waals surface area contributed by atoms with Crippen molar-refractivity contribution in [2.75, 3.05) is 0 Å². The van der Waals surface area contributed by atoms with Crippen LogP contribution in [0.4, 0.5) is 4.39 Å². The minimum absolute atomic E-state index is 0.258. The summed E-state index contributed by atoms with van der Waals surface area (Å²) in [7, 11) is -4.94. The van der Waals surface area contributed by atoms with Crippen molar-refractivity contribution in [2.45, 2.75) is 6.92 Å². The van der Waals surface area contributed by atoms with Crippen LogP contribution in [0.1, 0.15) is 5.56 Å². The second-order valence-electron chi connectivity index (χ2n) is 6.69. The second kappa shape index (κ2) is 9.78. The molecule has 0 N–H and O–H groups in total. The minimum atomic E-state index is -4.94. The first-order valence-electron chi connectivity index (χ1n) is 9.17. The van der Waals surface area contributed by atoms with E-state index in [0.29, 0.717) is 5.76 Å². The Hall–Kier alpha value is -3.13. The number of benzene rings is 3. The van der Waals surface area contributed by atoms with E-state index >= 15 is 0 Å². The smallest absolute Gasteiger partial charge is 0.222 e. The fourth-order valence-electron chi connectivity index (χ4n) is 2.92. The van der Waals surface area contributed by atoms with Gasteiger partial charge in [-0.1, -0.05) is 48.0 Å². The van der Waals surface area contributed by atoms with Crippen LogP contribution >= 0.6 is 0 Å². The normalized spacial score (nSPS) is 10.9. The molecule has 0 radical (unpaired) electrons. The third kappa shape index (κ3) is 6.96. The minimum Gasteiger partial charge on any atom is -0.222 e. The van der Waals surface area contributed by atoms with Gasteiger partial charge in [0, 0.05) is 5.56 Å². The van der Waals surface area contributed by atoms with Gasteiger partial charge in [0.2, 0.25) is 0 Å².